The Hall–Kier alpha value is -1.42. The Kier molecular flexibility index (Phi) is 1.98. The van der Waals surface area contributed by atoms with Crippen LogP contribution < -0.4 is 4.90 Å². The topological polar surface area (TPSA) is 3.24 Å². The summed E-state index contributed by atoms with van der Waals surface area (Å²) < 4.78 is 0. The molecule has 0 radical (unpaired) electrons. The molecule has 13 heavy (non-hydrogen) atoms. The fourth-order valence-corrected chi connectivity index (χ4v) is 1.97. The first-order valence-corrected chi connectivity index (χ1v) is 4.61. The zero-order valence-electron chi connectivity index (χ0n) is 7.83. The molecule has 1 nitrogen and oxygen atoms in total. The maximum atomic E-state index is 5.34. The van der Waals surface area contributed by atoms with E-state index in [4.69, 9.17) is 6.42 Å². The Morgan fingerprint density at radius 2 is 2.31 bits per heavy atom. The average molecular weight is 171 g/mol. The molecule has 66 valence electrons. The molecule has 0 amide bonds. The predicted octanol–water partition coefficient (Wildman–Crippen LogP) is 2.07. The fraction of sp³-hybridized carbons (Fsp3) is 0.333. The van der Waals surface area contributed by atoms with Gasteiger partial charge in [-0.2, -0.15) is 0 Å². The number of terminal acetylenes is 1. The van der Waals surface area contributed by atoms with Gasteiger partial charge in [-0.1, -0.05) is 24.1 Å². The van der Waals surface area contributed by atoms with E-state index >= 15 is 0 Å². The lowest BCUT2D eigenvalue weighted by molar-refractivity contribution is 0.711. The van der Waals surface area contributed by atoms with Crippen molar-refractivity contribution in [2.24, 2.45) is 0 Å². The van der Waals surface area contributed by atoms with Crippen LogP contribution in [0.25, 0.3) is 0 Å². The molecule has 0 N–H and O–H groups in total. The number of anilines is 1. The van der Waals surface area contributed by atoms with Gasteiger partial charge in [0.05, 0.1) is 6.54 Å². The van der Waals surface area contributed by atoms with E-state index in [1.54, 1.807) is 0 Å². The van der Waals surface area contributed by atoms with Crippen LogP contribution in [0.1, 0.15) is 12.5 Å². The van der Waals surface area contributed by atoms with Crippen LogP contribution in [0.5, 0.6) is 0 Å². The molecule has 1 atom stereocenters. The summed E-state index contributed by atoms with van der Waals surface area (Å²) in [4.78, 5) is 2.29. The van der Waals surface area contributed by atoms with Crippen LogP contribution in [-0.2, 0) is 6.42 Å². The van der Waals surface area contributed by atoms with Crippen LogP contribution in [0.4, 0.5) is 5.69 Å². The highest BCUT2D eigenvalue weighted by atomic mass is 15.2. The zero-order chi connectivity index (χ0) is 9.26. The third kappa shape index (κ3) is 1.29. The smallest absolute Gasteiger partial charge is 0.0794 e. The Morgan fingerprint density at radius 1 is 1.54 bits per heavy atom. The van der Waals surface area contributed by atoms with Gasteiger partial charge in [-0.05, 0) is 25.0 Å². The summed E-state index contributed by atoms with van der Waals surface area (Å²) in [6.07, 6.45) is 6.46. The molecular weight excluding hydrogens is 158 g/mol. The van der Waals surface area contributed by atoms with Gasteiger partial charge in [0, 0.05) is 11.7 Å². The van der Waals surface area contributed by atoms with E-state index < -0.39 is 0 Å². The summed E-state index contributed by atoms with van der Waals surface area (Å²) in [5.41, 5.74) is 2.73. The fourth-order valence-electron chi connectivity index (χ4n) is 1.97. The maximum absolute atomic E-state index is 5.34. The van der Waals surface area contributed by atoms with Crippen molar-refractivity contribution >= 4 is 5.69 Å². The number of rotatable bonds is 1. The van der Waals surface area contributed by atoms with Gasteiger partial charge in [0.25, 0.3) is 0 Å². The summed E-state index contributed by atoms with van der Waals surface area (Å²) in [7, 11) is 0. The van der Waals surface area contributed by atoms with Crippen molar-refractivity contribution in [3.05, 3.63) is 29.8 Å². The molecule has 1 heterocycles. The van der Waals surface area contributed by atoms with E-state index in [2.05, 4.69) is 42.0 Å². The Bertz CT molecular complexity index is 348. The first-order valence-electron chi connectivity index (χ1n) is 4.61. The molecule has 1 unspecified atom stereocenters. The van der Waals surface area contributed by atoms with Crippen molar-refractivity contribution < 1.29 is 0 Å². The van der Waals surface area contributed by atoms with Crippen LogP contribution in [0.3, 0.4) is 0 Å². The zero-order valence-corrected chi connectivity index (χ0v) is 7.83. The molecule has 0 saturated heterocycles. The van der Waals surface area contributed by atoms with Crippen molar-refractivity contribution in [2.75, 3.05) is 11.4 Å². The molecular formula is C12H13N. The van der Waals surface area contributed by atoms with E-state index in [1.807, 2.05) is 0 Å². The average Bonchev–Trinajstić information content (AvgIpc) is 2.44. The van der Waals surface area contributed by atoms with Gasteiger partial charge in [-0.15, -0.1) is 6.42 Å². The minimum atomic E-state index is 0.549. The Labute approximate surface area is 79.4 Å². The lowest BCUT2D eigenvalue weighted by atomic mass is 10.1. The Balaban J connectivity index is 2.36. The number of para-hydroxylation sites is 1. The van der Waals surface area contributed by atoms with Crippen molar-refractivity contribution in [1.29, 1.82) is 0 Å². The van der Waals surface area contributed by atoms with Gasteiger partial charge in [0.1, 0.15) is 0 Å². The number of fused-ring (bicyclic) bond motifs is 1. The number of nitrogens with zero attached hydrogens (tertiary/aromatic N) is 1. The largest absolute Gasteiger partial charge is 0.357 e. The molecule has 0 aromatic heterocycles. The molecule has 1 aliphatic heterocycles. The van der Waals surface area contributed by atoms with E-state index in [0.717, 1.165) is 13.0 Å². The minimum absolute atomic E-state index is 0.549. The Morgan fingerprint density at radius 3 is 3.08 bits per heavy atom. The number of hydrogen-bond donors (Lipinski definition) is 0. The summed E-state index contributed by atoms with van der Waals surface area (Å²) >= 11 is 0. The van der Waals surface area contributed by atoms with Gasteiger partial charge in [0.15, 0.2) is 0 Å². The predicted molar refractivity (Wildman–Crippen MR) is 55.8 cm³/mol. The van der Waals surface area contributed by atoms with E-state index in [1.165, 1.54) is 11.3 Å². The van der Waals surface area contributed by atoms with Crippen molar-refractivity contribution in [1.82, 2.24) is 0 Å². The van der Waals surface area contributed by atoms with Crippen molar-refractivity contribution in [2.45, 2.75) is 19.4 Å². The standard InChI is InChI=1S/C12H13N/c1-3-8-13-10(2)9-11-6-4-5-7-12(11)13/h1,4-7,10H,8-9H2,2H3. The van der Waals surface area contributed by atoms with Gasteiger partial charge in [-0.3, -0.25) is 0 Å². The summed E-state index contributed by atoms with van der Waals surface area (Å²) in [6.45, 7) is 2.94. The second kappa shape index (κ2) is 3.14. The van der Waals surface area contributed by atoms with Crippen LogP contribution in [0.2, 0.25) is 0 Å². The minimum Gasteiger partial charge on any atom is -0.357 e. The molecule has 0 spiro atoms. The molecule has 1 aromatic rings. The van der Waals surface area contributed by atoms with Gasteiger partial charge in [0.2, 0.25) is 0 Å². The highest BCUT2D eigenvalue weighted by Crippen LogP contribution is 2.30. The molecule has 2 rings (SSSR count). The van der Waals surface area contributed by atoms with E-state index in [0.29, 0.717) is 6.04 Å². The number of benzene rings is 1. The van der Waals surface area contributed by atoms with Crippen molar-refractivity contribution in [3.8, 4) is 12.3 Å². The van der Waals surface area contributed by atoms with Crippen LogP contribution in [0.15, 0.2) is 24.3 Å². The van der Waals surface area contributed by atoms with Crippen LogP contribution in [-0.4, -0.2) is 12.6 Å². The highest BCUT2D eigenvalue weighted by Gasteiger charge is 2.23. The van der Waals surface area contributed by atoms with Gasteiger partial charge < -0.3 is 4.90 Å². The summed E-state index contributed by atoms with van der Waals surface area (Å²) in [5.74, 6) is 2.71. The van der Waals surface area contributed by atoms with Crippen molar-refractivity contribution in [3.63, 3.8) is 0 Å². The monoisotopic (exact) mass is 171 g/mol. The first-order chi connectivity index (χ1) is 6.33. The lowest BCUT2D eigenvalue weighted by Gasteiger charge is -2.21. The molecule has 0 fully saturated rings. The maximum Gasteiger partial charge on any atom is 0.0794 e. The summed E-state index contributed by atoms with van der Waals surface area (Å²) in [6, 6.07) is 9.04. The molecule has 1 heteroatoms. The first kappa shape index (κ1) is 8.19. The highest BCUT2D eigenvalue weighted by molar-refractivity contribution is 5.59. The van der Waals surface area contributed by atoms with E-state index in [9.17, 15) is 0 Å². The second-order valence-corrected chi connectivity index (χ2v) is 3.51. The number of hydrogen-bond acceptors (Lipinski definition) is 1. The van der Waals surface area contributed by atoms with Crippen LogP contribution in [0, 0.1) is 12.3 Å². The molecule has 0 aliphatic carbocycles. The second-order valence-electron chi connectivity index (χ2n) is 3.51. The normalized spacial score (nSPS) is 19.7. The SMILES string of the molecule is C#CCN1c2ccccc2CC1C. The quantitative estimate of drug-likeness (QED) is 0.585. The van der Waals surface area contributed by atoms with Gasteiger partial charge in [-0.25, -0.2) is 0 Å². The third-order valence-corrected chi connectivity index (χ3v) is 2.61. The molecule has 1 aromatic carbocycles. The third-order valence-electron chi connectivity index (χ3n) is 2.61. The summed E-state index contributed by atoms with van der Waals surface area (Å²) in [5, 5.41) is 0. The van der Waals surface area contributed by atoms with Gasteiger partial charge >= 0.3 is 0 Å². The lowest BCUT2D eigenvalue weighted by Crippen LogP contribution is -2.29. The molecule has 0 saturated carbocycles. The van der Waals surface area contributed by atoms with E-state index in [-0.39, 0.29) is 0 Å². The molecule has 1 aliphatic rings. The molecule has 0 bridgehead atoms. The van der Waals surface area contributed by atoms with Crippen LogP contribution >= 0.6 is 0 Å².